The van der Waals surface area contributed by atoms with Crippen molar-refractivity contribution in [3.63, 3.8) is 0 Å². The van der Waals surface area contributed by atoms with E-state index in [1.54, 1.807) is 6.07 Å². The summed E-state index contributed by atoms with van der Waals surface area (Å²) in [6, 6.07) is 11.6. The predicted molar refractivity (Wildman–Crippen MR) is 84.3 cm³/mol. The Hall–Kier alpha value is -1.65. The van der Waals surface area contributed by atoms with E-state index >= 15 is 0 Å². The molecule has 1 saturated carbocycles. The van der Waals surface area contributed by atoms with Crippen LogP contribution in [0.15, 0.2) is 36.4 Å². The topological polar surface area (TPSA) is 58.0 Å². The predicted octanol–water partition coefficient (Wildman–Crippen LogP) is 3.37. The van der Waals surface area contributed by atoms with E-state index in [0.717, 1.165) is 12.0 Å². The van der Waals surface area contributed by atoms with Gasteiger partial charge in [0.25, 0.3) is 0 Å². The molecule has 3 rings (SSSR count). The van der Waals surface area contributed by atoms with Crippen molar-refractivity contribution < 1.29 is 5.11 Å². The minimum absolute atomic E-state index is 0.162. The molecule has 1 fully saturated rings. The fraction of sp³-hybridized carbons (Fsp3) is 0.375. The summed E-state index contributed by atoms with van der Waals surface area (Å²) in [5, 5.41) is 13.6. The van der Waals surface area contributed by atoms with Crippen LogP contribution in [0.5, 0.6) is 0 Å². The Labute approximate surface area is 129 Å². The van der Waals surface area contributed by atoms with Crippen LogP contribution in [0.1, 0.15) is 20.3 Å². The van der Waals surface area contributed by atoms with Crippen LogP contribution in [0.3, 0.4) is 0 Å². The molecule has 1 aliphatic rings. The molecule has 1 aromatic carbocycles. The van der Waals surface area contributed by atoms with Crippen molar-refractivity contribution in [3.8, 4) is 11.4 Å². The number of nitrogens with one attached hydrogen (secondary N) is 1. The van der Waals surface area contributed by atoms with Crippen molar-refractivity contribution in [2.75, 3.05) is 5.32 Å². The standard InChI is InChI=1S/C16H18ClN3O/c1-16(2)11(8-12(16)21)18-14-9-13(17)19-15(20-14)10-6-4-3-5-7-10/h3-7,9,11-12,21H,8H2,1-2H3,(H,18,19,20). The monoisotopic (exact) mass is 303 g/mol. The zero-order valence-corrected chi connectivity index (χ0v) is 12.8. The highest BCUT2D eigenvalue weighted by Crippen LogP contribution is 2.42. The first-order valence-electron chi connectivity index (χ1n) is 7.01. The normalized spacial score (nSPS) is 23.4. The number of anilines is 1. The van der Waals surface area contributed by atoms with Crippen molar-refractivity contribution in [3.05, 3.63) is 41.6 Å². The van der Waals surface area contributed by atoms with Gasteiger partial charge in [0.2, 0.25) is 0 Å². The average molecular weight is 304 g/mol. The van der Waals surface area contributed by atoms with E-state index < -0.39 is 0 Å². The summed E-state index contributed by atoms with van der Waals surface area (Å²) in [5.41, 5.74) is 0.764. The summed E-state index contributed by atoms with van der Waals surface area (Å²) in [6.45, 7) is 4.08. The molecule has 5 heteroatoms. The van der Waals surface area contributed by atoms with E-state index in [4.69, 9.17) is 11.6 Å². The summed E-state index contributed by atoms with van der Waals surface area (Å²) >= 11 is 6.10. The Morgan fingerprint density at radius 3 is 2.57 bits per heavy atom. The summed E-state index contributed by atoms with van der Waals surface area (Å²) < 4.78 is 0. The number of hydrogen-bond acceptors (Lipinski definition) is 4. The molecule has 1 aliphatic carbocycles. The molecule has 1 aromatic heterocycles. The second-order valence-electron chi connectivity index (χ2n) is 6.04. The number of aliphatic hydroxyl groups excluding tert-OH is 1. The third kappa shape index (κ3) is 2.74. The van der Waals surface area contributed by atoms with Gasteiger partial charge in [0.1, 0.15) is 11.0 Å². The number of aliphatic hydroxyl groups is 1. The van der Waals surface area contributed by atoms with Gasteiger partial charge in [-0.1, -0.05) is 55.8 Å². The van der Waals surface area contributed by atoms with Gasteiger partial charge in [-0.05, 0) is 6.42 Å². The van der Waals surface area contributed by atoms with Crippen LogP contribution in [0, 0.1) is 5.41 Å². The van der Waals surface area contributed by atoms with E-state index in [2.05, 4.69) is 15.3 Å². The zero-order chi connectivity index (χ0) is 15.0. The van der Waals surface area contributed by atoms with Crippen molar-refractivity contribution >= 4 is 17.4 Å². The number of hydrogen-bond donors (Lipinski definition) is 2. The van der Waals surface area contributed by atoms with Crippen molar-refractivity contribution in [2.24, 2.45) is 5.41 Å². The van der Waals surface area contributed by atoms with Gasteiger partial charge in [-0.25, -0.2) is 9.97 Å². The largest absolute Gasteiger partial charge is 0.392 e. The van der Waals surface area contributed by atoms with Gasteiger partial charge < -0.3 is 10.4 Å². The Kier molecular flexibility index (Phi) is 3.59. The lowest BCUT2D eigenvalue weighted by molar-refractivity contribution is -0.0511. The van der Waals surface area contributed by atoms with Crippen LogP contribution in [0.2, 0.25) is 5.15 Å². The second kappa shape index (κ2) is 5.28. The maximum atomic E-state index is 9.81. The van der Waals surface area contributed by atoms with Crippen molar-refractivity contribution in [1.82, 2.24) is 9.97 Å². The number of benzene rings is 1. The molecule has 1 heterocycles. The number of aromatic nitrogens is 2. The van der Waals surface area contributed by atoms with Crippen molar-refractivity contribution in [2.45, 2.75) is 32.4 Å². The molecule has 110 valence electrons. The first kappa shape index (κ1) is 14.3. The summed E-state index contributed by atoms with van der Waals surface area (Å²) in [6.07, 6.45) is 0.441. The molecule has 4 nitrogen and oxygen atoms in total. The molecule has 2 atom stereocenters. The lowest BCUT2D eigenvalue weighted by atomic mass is 9.64. The third-order valence-electron chi connectivity index (χ3n) is 4.26. The average Bonchev–Trinajstić information content (AvgIpc) is 2.47. The van der Waals surface area contributed by atoms with Crippen LogP contribution in [0.4, 0.5) is 5.82 Å². The van der Waals surface area contributed by atoms with Crippen LogP contribution < -0.4 is 5.32 Å². The van der Waals surface area contributed by atoms with Gasteiger partial charge >= 0.3 is 0 Å². The highest BCUT2D eigenvalue weighted by atomic mass is 35.5. The molecule has 0 spiro atoms. The van der Waals surface area contributed by atoms with Gasteiger partial charge in [-0.15, -0.1) is 0 Å². The highest BCUT2D eigenvalue weighted by Gasteiger charge is 2.47. The quantitative estimate of drug-likeness (QED) is 0.854. The van der Waals surface area contributed by atoms with E-state index in [9.17, 15) is 5.11 Å². The van der Waals surface area contributed by atoms with E-state index in [1.165, 1.54) is 0 Å². The molecular weight excluding hydrogens is 286 g/mol. The highest BCUT2D eigenvalue weighted by molar-refractivity contribution is 6.29. The Bertz CT molecular complexity index is 645. The fourth-order valence-electron chi connectivity index (χ4n) is 2.53. The Morgan fingerprint density at radius 2 is 1.95 bits per heavy atom. The molecule has 21 heavy (non-hydrogen) atoms. The van der Waals surface area contributed by atoms with Gasteiger partial charge in [0.15, 0.2) is 5.82 Å². The van der Waals surface area contributed by atoms with E-state index in [1.807, 2.05) is 44.2 Å². The van der Waals surface area contributed by atoms with Gasteiger partial charge in [0, 0.05) is 23.1 Å². The van der Waals surface area contributed by atoms with Gasteiger partial charge in [0.05, 0.1) is 6.10 Å². The Morgan fingerprint density at radius 1 is 1.24 bits per heavy atom. The molecule has 0 saturated heterocycles. The van der Waals surface area contributed by atoms with Crippen LogP contribution >= 0.6 is 11.6 Å². The first-order chi connectivity index (χ1) is 9.96. The fourth-order valence-corrected chi connectivity index (χ4v) is 2.72. The number of halogens is 1. The molecule has 0 bridgehead atoms. The summed E-state index contributed by atoms with van der Waals surface area (Å²) in [4.78, 5) is 8.80. The number of rotatable bonds is 3. The minimum atomic E-state index is -0.277. The van der Waals surface area contributed by atoms with Crippen LogP contribution in [-0.2, 0) is 0 Å². The summed E-state index contributed by atoms with van der Waals surface area (Å²) in [7, 11) is 0. The summed E-state index contributed by atoms with van der Waals surface area (Å²) in [5.74, 6) is 1.29. The molecule has 0 aliphatic heterocycles. The van der Waals surface area contributed by atoms with Crippen molar-refractivity contribution in [1.29, 1.82) is 0 Å². The number of nitrogens with zero attached hydrogens (tertiary/aromatic N) is 2. The van der Waals surface area contributed by atoms with E-state index in [-0.39, 0.29) is 17.6 Å². The van der Waals surface area contributed by atoms with E-state index in [0.29, 0.717) is 16.8 Å². The zero-order valence-electron chi connectivity index (χ0n) is 12.0. The van der Waals surface area contributed by atoms with Crippen LogP contribution in [-0.4, -0.2) is 27.2 Å². The third-order valence-corrected chi connectivity index (χ3v) is 4.46. The molecule has 0 radical (unpaired) electrons. The SMILES string of the molecule is CC1(C)C(O)CC1Nc1cc(Cl)nc(-c2ccccc2)n1. The molecule has 0 amide bonds. The first-order valence-corrected chi connectivity index (χ1v) is 7.39. The maximum Gasteiger partial charge on any atom is 0.163 e. The smallest absolute Gasteiger partial charge is 0.163 e. The molecular formula is C16H18ClN3O. The lowest BCUT2D eigenvalue weighted by Crippen LogP contribution is -2.57. The second-order valence-corrected chi connectivity index (χ2v) is 6.42. The maximum absolute atomic E-state index is 9.81. The molecule has 2 aromatic rings. The Balaban J connectivity index is 1.86. The molecule has 2 unspecified atom stereocenters. The van der Waals surface area contributed by atoms with Gasteiger partial charge in [-0.3, -0.25) is 0 Å². The minimum Gasteiger partial charge on any atom is -0.392 e. The van der Waals surface area contributed by atoms with Crippen LogP contribution in [0.25, 0.3) is 11.4 Å². The van der Waals surface area contributed by atoms with Gasteiger partial charge in [-0.2, -0.15) is 0 Å². The molecule has 2 N–H and O–H groups in total. The lowest BCUT2D eigenvalue weighted by Gasteiger charge is -2.49.